The van der Waals surface area contributed by atoms with Crippen molar-refractivity contribution in [2.45, 2.75) is 76.8 Å². The SMILES string of the molecule is COc1cccc(OC)c1-n1c(CS(=O)(=O)[C@@H](C)[C@@H](O[Si](C)(C)C(C)(C)C)c2ncc(C)cn2)nnc1-c1cncc(C)c1. The van der Waals surface area contributed by atoms with E-state index in [1.165, 1.54) is 0 Å². The summed E-state index contributed by atoms with van der Waals surface area (Å²) in [7, 11) is -3.31. The van der Waals surface area contributed by atoms with Crippen molar-refractivity contribution >= 4 is 18.2 Å². The molecule has 4 aromatic rings. The van der Waals surface area contributed by atoms with E-state index in [2.05, 4.69) is 59.0 Å². The molecule has 0 bridgehead atoms. The van der Waals surface area contributed by atoms with Crippen molar-refractivity contribution in [2.75, 3.05) is 14.2 Å². The Morgan fingerprint density at radius 2 is 1.55 bits per heavy atom. The van der Waals surface area contributed by atoms with Crippen LogP contribution in [0.4, 0.5) is 0 Å². The number of benzene rings is 1. The molecule has 0 aliphatic heterocycles. The van der Waals surface area contributed by atoms with Gasteiger partial charge >= 0.3 is 0 Å². The molecule has 1 aromatic carbocycles. The molecule has 0 spiro atoms. The second kappa shape index (κ2) is 12.7. The molecule has 44 heavy (non-hydrogen) atoms. The van der Waals surface area contributed by atoms with Crippen LogP contribution in [0.3, 0.4) is 0 Å². The predicted molar refractivity (Wildman–Crippen MR) is 172 cm³/mol. The van der Waals surface area contributed by atoms with E-state index in [9.17, 15) is 8.42 Å². The summed E-state index contributed by atoms with van der Waals surface area (Å²) in [4.78, 5) is 13.3. The molecule has 0 N–H and O–H groups in total. The molecule has 4 rings (SSSR count). The second-order valence-corrected chi connectivity index (χ2v) is 19.6. The zero-order valence-electron chi connectivity index (χ0n) is 27.1. The van der Waals surface area contributed by atoms with Gasteiger partial charge in [0.1, 0.15) is 29.0 Å². The Hall–Kier alpha value is -3.68. The number of rotatable bonds is 11. The van der Waals surface area contributed by atoms with Crippen molar-refractivity contribution < 1.29 is 22.3 Å². The number of para-hydroxylation sites is 1. The molecule has 0 saturated carbocycles. The number of aryl methyl sites for hydroxylation is 2. The fraction of sp³-hybridized carbons (Fsp3) is 0.452. The van der Waals surface area contributed by atoms with E-state index in [1.54, 1.807) is 68.7 Å². The topological polar surface area (TPSA) is 131 Å². The first-order chi connectivity index (χ1) is 20.6. The number of hydrogen-bond acceptors (Lipinski definition) is 10. The van der Waals surface area contributed by atoms with Gasteiger partial charge in [-0.15, -0.1) is 10.2 Å². The monoisotopic (exact) mass is 638 g/mol. The van der Waals surface area contributed by atoms with E-state index in [1.807, 2.05) is 19.9 Å². The first-order valence-electron chi connectivity index (χ1n) is 14.3. The van der Waals surface area contributed by atoms with E-state index in [-0.39, 0.29) is 10.9 Å². The van der Waals surface area contributed by atoms with Crippen LogP contribution in [-0.4, -0.2) is 65.9 Å². The van der Waals surface area contributed by atoms with Crippen LogP contribution in [0.15, 0.2) is 49.1 Å². The Balaban J connectivity index is 1.86. The van der Waals surface area contributed by atoms with Gasteiger partial charge in [0, 0.05) is 30.4 Å². The summed E-state index contributed by atoms with van der Waals surface area (Å²) >= 11 is 0. The number of nitrogens with zero attached hydrogens (tertiary/aromatic N) is 6. The van der Waals surface area contributed by atoms with Crippen molar-refractivity contribution in [1.82, 2.24) is 29.7 Å². The van der Waals surface area contributed by atoms with Gasteiger partial charge in [0.2, 0.25) is 0 Å². The molecule has 0 amide bonds. The maximum Gasteiger partial charge on any atom is 0.193 e. The normalized spacial score (nSPS) is 13.9. The minimum Gasteiger partial charge on any atom is -0.494 e. The van der Waals surface area contributed by atoms with Crippen molar-refractivity contribution in [2.24, 2.45) is 0 Å². The number of aromatic nitrogens is 6. The van der Waals surface area contributed by atoms with Crippen LogP contribution >= 0.6 is 0 Å². The summed E-state index contributed by atoms with van der Waals surface area (Å²) in [5.74, 6) is 1.40. The van der Waals surface area contributed by atoms with Gasteiger partial charge in [0.05, 0.1) is 19.5 Å². The Morgan fingerprint density at radius 3 is 2.09 bits per heavy atom. The van der Waals surface area contributed by atoms with Crippen LogP contribution in [-0.2, 0) is 20.0 Å². The Labute approximate surface area is 261 Å². The number of pyridine rings is 1. The van der Waals surface area contributed by atoms with E-state index in [0.29, 0.717) is 34.4 Å². The van der Waals surface area contributed by atoms with Crippen LogP contribution in [0.5, 0.6) is 11.5 Å². The summed E-state index contributed by atoms with van der Waals surface area (Å²) in [6, 6.07) is 7.25. The molecular formula is C31H42N6O5SSi. The lowest BCUT2D eigenvalue weighted by Gasteiger charge is -2.40. The molecular weight excluding hydrogens is 597 g/mol. The Morgan fingerprint density at radius 1 is 0.932 bits per heavy atom. The Bertz CT molecular complexity index is 1700. The van der Waals surface area contributed by atoms with Gasteiger partial charge in [-0.1, -0.05) is 26.8 Å². The highest BCUT2D eigenvalue weighted by atomic mass is 32.2. The fourth-order valence-electron chi connectivity index (χ4n) is 4.46. The van der Waals surface area contributed by atoms with Crippen LogP contribution < -0.4 is 9.47 Å². The minimum atomic E-state index is -3.94. The molecule has 3 heterocycles. The molecule has 0 unspecified atom stereocenters. The summed E-state index contributed by atoms with van der Waals surface area (Å²) in [5, 5.41) is 7.68. The van der Waals surface area contributed by atoms with Crippen molar-refractivity contribution in [3.63, 3.8) is 0 Å². The van der Waals surface area contributed by atoms with E-state index >= 15 is 0 Å². The molecule has 11 nitrogen and oxygen atoms in total. The number of hydrogen-bond donors (Lipinski definition) is 0. The van der Waals surface area contributed by atoms with Crippen molar-refractivity contribution in [3.05, 3.63) is 71.8 Å². The molecule has 13 heteroatoms. The summed E-state index contributed by atoms with van der Waals surface area (Å²) in [5.41, 5.74) is 2.92. The van der Waals surface area contributed by atoms with Crippen LogP contribution in [0.1, 0.15) is 56.6 Å². The number of ether oxygens (including phenoxy) is 2. The van der Waals surface area contributed by atoms with Gasteiger partial charge in [-0.3, -0.25) is 9.55 Å². The van der Waals surface area contributed by atoms with Gasteiger partial charge in [-0.2, -0.15) is 0 Å². The lowest BCUT2D eigenvalue weighted by atomic mass is 10.2. The van der Waals surface area contributed by atoms with Crippen molar-refractivity contribution in [3.8, 4) is 28.6 Å². The van der Waals surface area contributed by atoms with E-state index < -0.39 is 35.3 Å². The van der Waals surface area contributed by atoms with Gasteiger partial charge in [0.15, 0.2) is 35.6 Å². The molecule has 0 aliphatic carbocycles. The minimum absolute atomic E-state index is 0.170. The maximum atomic E-state index is 14.3. The summed E-state index contributed by atoms with van der Waals surface area (Å²) in [6.45, 7) is 15.9. The highest BCUT2D eigenvalue weighted by Crippen LogP contribution is 2.42. The van der Waals surface area contributed by atoms with Gasteiger partial charge in [0.25, 0.3) is 0 Å². The fourth-order valence-corrected chi connectivity index (χ4v) is 7.22. The van der Waals surface area contributed by atoms with E-state index in [4.69, 9.17) is 13.9 Å². The largest absolute Gasteiger partial charge is 0.494 e. The zero-order valence-corrected chi connectivity index (χ0v) is 28.9. The van der Waals surface area contributed by atoms with Crippen molar-refractivity contribution in [1.29, 1.82) is 0 Å². The van der Waals surface area contributed by atoms with Gasteiger partial charge < -0.3 is 13.9 Å². The molecule has 2 atom stereocenters. The third kappa shape index (κ3) is 6.84. The number of sulfone groups is 1. The zero-order chi connectivity index (χ0) is 32.4. The highest BCUT2D eigenvalue weighted by Gasteiger charge is 2.44. The van der Waals surface area contributed by atoms with Gasteiger partial charge in [-0.25, -0.2) is 18.4 Å². The molecule has 0 aliphatic rings. The van der Waals surface area contributed by atoms with Crippen LogP contribution in [0.2, 0.25) is 18.1 Å². The lowest BCUT2D eigenvalue weighted by Crippen LogP contribution is -2.45. The quantitative estimate of drug-likeness (QED) is 0.185. The molecule has 0 fully saturated rings. The predicted octanol–water partition coefficient (Wildman–Crippen LogP) is 5.82. The summed E-state index contributed by atoms with van der Waals surface area (Å²) < 4.78 is 48.5. The average molecular weight is 639 g/mol. The summed E-state index contributed by atoms with van der Waals surface area (Å²) in [6.07, 6.45) is 5.86. The third-order valence-corrected chi connectivity index (χ3v) is 14.6. The van der Waals surface area contributed by atoms with Gasteiger partial charge in [-0.05, 0) is 68.2 Å². The molecule has 0 radical (unpaired) electrons. The molecule has 0 saturated heterocycles. The smallest absolute Gasteiger partial charge is 0.193 e. The highest BCUT2D eigenvalue weighted by molar-refractivity contribution is 7.91. The van der Waals surface area contributed by atoms with Crippen LogP contribution in [0.25, 0.3) is 17.1 Å². The maximum absolute atomic E-state index is 14.3. The van der Waals surface area contributed by atoms with E-state index in [0.717, 1.165) is 11.1 Å². The first-order valence-corrected chi connectivity index (χ1v) is 19.0. The molecule has 3 aromatic heterocycles. The second-order valence-electron chi connectivity index (χ2n) is 12.5. The molecule has 236 valence electrons. The standard InChI is InChI=1S/C31H42N6O5SSi/c1-20-14-23(18-32-15-20)30-36-35-26(37(30)27-24(40-7)12-11-13-25(27)41-8)19-43(38,39)22(3)28(29-33-16-21(2)17-34-29)42-44(9,10)31(4,5)6/h11-18,22,28H,19H2,1-10H3/t22-,28+/m0/s1. The van der Waals surface area contributed by atoms with Crippen LogP contribution in [0, 0.1) is 13.8 Å². The third-order valence-electron chi connectivity index (χ3n) is 8.09. The number of methoxy groups -OCH3 is 2. The lowest BCUT2D eigenvalue weighted by molar-refractivity contribution is 0.172. The Kier molecular flexibility index (Phi) is 9.62. The average Bonchev–Trinajstić information content (AvgIpc) is 3.37. The first kappa shape index (κ1) is 33.2.